The fourth-order valence-corrected chi connectivity index (χ4v) is 5.79. The lowest BCUT2D eigenvalue weighted by atomic mass is 9.91. The Balaban J connectivity index is 1.57. The number of nitrogens with zero attached hydrogens (tertiary/aromatic N) is 3. The van der Waals surface area contributed by atoms with Gasteiger partial charge in [0.05, 0.1) is 35.5 Å². The maximum absolute atomic E-state index is 12.5. The second kappa shape index (κ2) is 11.2. The van der Waals surface area contributed by atoms with Crippen molar-refractivity contribution in [2.45, 2.75) is 52.3 Å². The molecule has 0 fully saturated rings. The molecule has 4 heterocycles. The third-order valence-corrected chi connectivity index (χ3v) is 7.61. The highest BCUT2D eigenvalue weighted by Crippen LogP contribution is 2.47. The van der Waals surface area contributed by atoms with E-state index in [9.17, 15) is 4.79 Å². The molecule has 0 bridgehead atoms. The van der Waals surface area contributed by atoms with Crippen LogP contribution < -0.4 is 10.1 Å². The highest BCUT2D eigenvalue weighted by molar-refractivity contribution is 7.13. The van der Waals surface area contributed by atoms with Gasteiger partial charge in [0, 0.05) is 65.1 Å². The molecule has 0 saturated heterocycles. The molecular formula is C30H34N4O3S. The van der Waals surface area contributed by atoms with E-state index in [1.807, 2.05) is 30.0 Å². The molecule has 4 aromatic rings. The summed E-state index contributed by atoms with van der Waals surface area (Å²) in [6.07, 6.45) is 8.18. The SMILES string of the molecule is COc1cc2c(cc1-c1cccnc1)-c1c(-c3cncs3)c(COCCCNC(C)(C)C)c(C=O)n1CC2. The molecule has 198 valence electrons. The minimum absolute atomic E-state index is 0.0795. The van der Waals surface area contributed by atoms with Crippen LogP contribution in [0.1, 0.15) is 48.8 Å². The van der Waals surface area contributed by atoms with Gasteiger partial charge >= 0.3 is 0 Å². The number of hydrogen-bond acceptors (Lipinski definition) is 7. The molecule has 3 aromatic heterocycles. The normalized spacial score (nSPS) is 12.7. The van der Waals surface area contributed by atoms with Crippen LogP contribution in [-0.4, -0.2) is 46.6 Å². The van der Waals surface area contributed by atoms with Crippen molar-refractivity contribution < 1.29 is 14.3 Å². The van der Waals surface area contributed by atoms with E-state index in [4.69, 9.17) is 9.47 Å². The minimum Gasteiger partial charge on any atom is -0.496 e. The zero-order valence-corrected chi connectivity index (χ0v) is 23.2. The van der Waals surface area contributed by atoms with E-state index in [1.165, 1.54) is 5.56 Å². The summed E-state index contributed by atoms with van der Waals surface area (Å²) in [7, 11) is 1.70. The van der Waals surface area contributed by atoms with Crippen LogP contribution in [0.15, 0.2) is 48.4 Å². The van der Waals surface area contributed by atoms with Crippen molar-refractivity contribution in [2.75, 3.05) is 20.3 Å². The van der Waals surface area contributed by atoms with E-state index < -0.39 is 0 Å². The van der Waals surface area contributed by atoms with Crippen molar-refractivity contribution in [2.24, 2.45) is 0 Å². The number of pyridine rings is 1. The molecule has 1 aliphatic heterocycles. The van der Waals surface area contributed by atoms with Crippen molar-refractivity contribution in [3.63, 3.8) is 0 Å². The van der Waals surface area contributed by atoms with E-state index >= 15 is 0 Å². The molecule has 0 aliphatic carbocycles. The number of fused-ring (bicyclic) bond motifs is 3. The van der Waals surface area contributed by atoms with E-state index in [1.54, 1.807) is 24.6 Å². The second-order valence-electron chi connectivity index (χ2n) is 10.5. The van der Waals surface area contributed by atoms with Gasteiger partial charge in [0.25, 0.3) is 0 Å². The van der Waals surface area contributed by atoms with Crippen molar-refractivity contribution >= 4 is 17.6 Å². The van der Waals surface area contributed by atoms with Gasteiger partial charge in [0.15, 0.2) is 6.29 Å². The quantitative estimate of drug-likeness (QED) is 0.200. The fourth-order valence-electron chi connectivity index (χ4n) is 5.10. The van der Waals surface area contributed by atoms with E-state index in [-0.39, 0.29) is 5.54 Å². The number of aryl methyl sites for hydroxylation is 1. The lowest BCUT2D eigenvalue weighted by molar-refractivity contribution is 0.108. The van der Waals surface area contributed by atoms with Gasteiger partial charge in [-0.2, -0.15) is 0 Å². The Kier molecular flexibility index (Phi) is 7.74. The summed E-state index contributed by atoms with van der Waals surface area (Å²) in [6.45, 7) is 9.05. The van der Waals surface area contributed by atoms with Crippen molar-refractivity contribution in [1.29, 1.82) is 0 Å². The van der Waals surface area contributed by atoms with Gasteiger partial charge in [0.2, 0.25) is 0 Å². The first-order valence-electron chi connectivity index (χ1n) is 12.9. The van der Waals surface area contributed by atoms with E-state index in [0.29, 0.717) is 25.5 Å². The van der Waals surface area contributed by atoms with Gasteiger partial charge in [-0.15, -0.1) is 11.3 Å². The maximum atomic E-state index is 12.5. The lowest BCUT2D eigenvalue weighted by Gasteiger charge is -2.23. The summed E-state index contributed by atoms with van der Waals surface area (Å²) in [5, 5.41) is 3.49. The Labute approximate surface area is 227 Å². The van der Waals surface area contributed by atoms with E-state index in [0.717, 1.165) is 69.8 Å². The zero-order chi connectivity index (χ0) is 26.7. The molecular weight excluding hydrogens is 496 g/mol. The number of aromatic nitrogens is 3. The molecule has 0 spiro atoms. The zero-order valence-electron chi connectivity index (χ0n) is 22.4. The molecule has 5 rings (SSSR count). The van der Waals surface area contributed by atoms with Crippen LogP contribution in [0.4, 0.5) is 0 Å². The summed E-state index contributed by atoms with van der Waals surface area (Å²) in [5.41, 5.74) is 9.85. The second-order valence-corrected chi connectivity index (χ2v) is 11.4. The summed E-state index contributed by atoms with van der Waals surface area (Å²) in [6, 6.07) is 8.27. The molecule has 7 nitrogen and oxygen atoms in total. The minimum atomic E-state index is 0.0795. The van der Waals surface area contributed by atoms with Crippen molar-refractivity contribution in [3.8, 4) is 38.6 Å². The third kappa shape index (κ3) is 5.29. The number of aldehydes is 1. The van der Waals surface area contributed by atoms with Crippen molar-refractivity contribution in [1.82, 2.24) is 19.9 Å². The van der Waals surface area contributed by atoms with Crippen LogP contribution in [0.25, 0.3) is 32.8 Å². The first-order valence-corrected chi connectivity index (χ1v) is 13.8. The van der Waals surface area contributed by atoms with Crippen LogP contribution in [0.3, 0.4) is 0 Å². The predicted octanol–water partition coefficient (Wildman–Crippen LogP) is 6.01. The Morgan fingerprint density at radius 2 is 2.05 bits per heavy atom. The number of ether oxygens (including phenoxy) is 2. The maximum Gasteiger partial charge on any atom is 0.166 e. The standard InChI is InChI=1S/C30H34N4O3S/c1-30(2,3)33-10-6-12-37-18-24-25(17-35)34-11-8-20-13-26(36-4)22(21-7-5-9-31-15-21)14-23(20)29(34)28(24)27-16-32-19-38-27/h5,7,9,13-17,19,33H,6,8,10-12,18H2,1-4H3. The average Bonchev–Trinajstić information content (AvgIpc) is 3.55. The Bertz CT molecular complexity index is 1410. The molecule has 8 heteroatoms. The molecule has 0 atom stereocenters. The van der Waals surface area contributed by atoms with Crippen molar-refractivity contribution in [3.05, 3.63) is 65.2 Å². The smallest absolute Gasteiger partial charge is 0.166 e. The average molecular weight is 531 g/mol. The van der Waals surface area contributed by atoms with Gasteiger partial charge in [-0.3, -0.25) is 14.8 Å². The summed E-state index contributed by atoms with van der Waals surface area (Å²) in [4.78, 5) is 22.2. The molecule has 0 amide bonds. The van der Waals surface area contributed by atoms with Gasteiger partial charge in [-0.05, 0) is 63.9 Å². The fraction of sp³-hybridized carbons (Fsp3) is 0.367. The third-order valence-electron chi connectivity index (χ3n) is 6.82. The molecule has 0 unspecified atom stereocenters. The van der Waals surface area contributed by atoms with Crippen LogP contribution >= 0.6 is 11.3 Å². The van der Waals surface area contributed by atoms with Gasteiger partial charge in [-0.1, -0.05) is 6.07 Å². The Hall–Kier alpha value is -3.33. The van der Waals surface area contributed by atoms with Gasteiger partial charge < -0.3 is 19.4 Å². The number of rotatable bonds is 10. The topological polar surface area (TPSA) is 78.3 Å². The molecule has 1 aromatic carbocycles. The number of hydrogen-bond donors (Lipinski definition) is 1. The summed E-state index contributed by atoms with van der Waals surface area (Å²) < 4.78 is 14.1. The van der Waals surface area contributed by atoms with Crippen LogP contribution in [0, 0.1) is 0 Å². The Morgan fingerprint density at radius 1 is 1.18 bits per heavy atom. The number of thiazole rings is 1. The molecule has 1 aliphatic rings. The van der Waals surface area contributed by atoms with Crippen LogP contribution in [-0.2, 0) is 24.3 Å². The molecule has 1 N–H and O–H groups in total. The van der Waals surface area contributed by atoms with Crippen LogP contribution in [0.2, 0.25) is 0 Å². The summed E-state index contributed by atoms with van der Waals surface area (Å²) in [5.74, 6) is 0.819. The van der Waals surface area contributed by atoms with Crippen LogP contribution in [0.5, 0.6) is 5.75 Å². The first kappa shape index (κ1) is 26.3. The molecule has 0 radical (unpaired) electrons. The number of carbonyl (C=O) groups is 1. The van der Waals surface area contributed by atoms with Gasteiger partial charge in [-0.25, -0.2) is 0 Å². The number of benzene rings is 1. The van der Waals surface area contributed by atoms with Gasteiger partial charge in [0.1, 0.15) is 5.75 Å². The Morgan fingerprint density at radius 3 is 2.74 bits per heavy atom. The number of carbonyl (C=O) groups excluding carboxylic acids is 1. The molecule has 0 saturated carbocycles. The summed E-state index contributed by atoms with van der Waals surface area (Å²) >= 11 is 1.58. The number of nitrogens with one attached hydrogen (secondary N) is 1. The predicted molar refractivity (Wildman–Crippen MR) is 152 cm³/mol. The van der Waals surface area contributed by atoms with E-state index in [2.05, 4.69) is 52.8 Å². The highest BCUT2D eigenvalue weighted by Gasteiger charge is 2.30. The largest absolute Gasteiger partial charge is 0.496 e. The lowest BCUT2D eigenvalue weighted by Crippen LogP contribution is -2.36. The highest BCUT2D eigenvalue weighted by atomic mass is 32.1. The molecule has 38 heavy (non-hydrogen) atoms. The number of methoxy groups -OCH3 is 1. The monoisotopic (exact) mass is 530 g/mol. The first-order chi connectivity index (χ1) is 18.4.